The molecule has 0 fully saturated rings. The normalized spacial score (nSPS) is 11.7. The number of benzene rings is 3. The summed E-state index contributed by atoms with van der Waals surface area (Å²) in [6.45, 7) is 6.40. The molecule has 0 aliphatic heterocycles. The molecule has 0 aliphatic carbocycles. The molecule has 5 heteroatoms. The predicted octanol–water partition coefficient (Wildman–Crippen LogP) is 7.01. The lowest BCUT2D eigenvalue weighted by atomic mass is 9.87. The molecule has 0 aliphatic rings. The molecule has 3 aromatic carbocycles. The SMILES string of the molecule is CC(C)(C)c1ccc(C(=O)Nc2cccc(NC(=O)/C(=C/c3ccco3)c3ccccc3)c2)cc1. The van der Waals surface area contributed by atoms with E-state index < -0.39 is 0 Å². The average Bonchev–Trinajstić information content (AvgIpc) is 3.36. The van der Waals surface area contributed by atoms with Gasteiger partial charge in [-0.25, -0.2) is 0 Å². The van der Waals surface area contributed by atoms with E-state index in [-0.39, 0.29) is 17.2 Å². The van der Waals surface area contributed by atoms with Gasteiger partial charge in [0.1, 0.15) is 5.76 Å². The van der Waals surface area contributed by atoms with Crippen molar-refractivity contribution in [3.05, 3.63) is 120 Å². The topological polar surface area (TPSA) is 71.3 Å². The Morgan fingerprint density at radius 2 is 1.43 bits per heavy atom. The number of furan rings is 1. The summed E-state index contributed by atoms with van der Waals surface area (Å²) < 4.78 is 5.41. The molecule has 0 spiro atoms. The highest BCUT2D eigenvalue weighted by Gasteiger charge is 2.16. The fourth-order valence-electron chi connectivity index (χ4n) is 3.61. The van der Waals surface area contributed by atoms with E-state index in [0.29, 0.717) is 28.3 Å². The van der Waals surface area contributed by atoms with Gasteiger partial charge in [-0.05, 0) is 65.1 Å². The Labute approximate surface area is 205 Å². The summed E-state index contributed by atoms with van der Waals surface area (Å²) in [4.78, 5) is 26.0. The standard InChI is InChI=1S/C30H28N2O3/c1-30(2,3)23-16-14-22(15-17-23)28(33)31-24-11-7-12-25(19-24)32-29(34)27(20-26-13-8-18-35-26)21-9-5-4-6-10-21/h4-20H,1-3H3,(H,31,33)(H,32,34)/b27-20+. The Bertz CT molecular complexity index is 1330. The van der Waals surface area contributed by atoms with Gasteiger partial charge in [0.05, 0.1) is 11.8 Å². The van der Waals surface area contributed by atoms with Gasteiger partial charge in [0, 0.05) is 16.9 Å². The molecule has 1 aromatic heterocycles. The van der Waals surface area contributed by atoms with Crippen molar-refractivity contribution in [3.8, 4) is 0 Å². The summed E-state index contributed by atoms with van der Waals surface area (Å²) in [6, 6.07) is 27.6. The first-order valence-corrected chi connectivity index (χ1v) is 11.4. The van der Waals surface area contributed by atoms with Crippen molar-refractivity contribution in [1.29, 1.82) is 0 Å². The van der Waals surface area contributed by atoms with Crippen LogP contribution in [0.15, 0.2) is 102 Å². The van der Waals surface area contributed by atoms with Crippen LogP contribution in [-0.4, -0.2) is 11.8 Å². The van der Waals surface area contributed by atoms with Crippen LogP contribution < -0.4 is 10.6 Å². The molecule has 0 atom stereocenters. The van der Waals surface area contributed by atoms with Gasteiger partial charge in [0.15, 0.2) is 0 Å². The third-order valence-electron chi connectivity index (χ3n) is 5.55. The first-order chi connectivity index (χ1) is 16.8. The van der Waals surface area contributed by atoms with Crippen molar-refractivity contribution < 1.29 is 14.0 Å². The second-order valence-electron chi connectivity index (χ2n) is 9.26. The maximum atomic E-state index is 13.2. The number of anilines is 2. The Morgan fingerprint density at radius 3 is 2.06 bits per heavy atom. The number of hydrogen-bond donors (Lipinski definition) is 2. The zero-order valence-corrected chi connectivity index (χ0v) is 20.0. The van der Waals surface area contributed by atoms with E-state index in [1.165, 1.54) is 0 Å². The quantitative estimate of drug-likeness (QED) is 0.302. The molecular weight excluding hydrogens is 436 g/mol. The van der Waals surface area contributed by atoms with Gasteiger partial charge in [-0.3, -0.25) is 9.59 Å². The Hall–Kier alpha value is -4.38. The van der Waals surface area contributed by atoms with E-state index in [1.54, 1.807) is 48.7 Å². The lowest BCUT2D eigenvalue weighted by Gasteiger charge is -2.19. The van der Waals surface area contributed by atoms with Gasteiger partial charge in [-0.1, -0.05) is 69.3 Å². The molecule has 2 N–H and O–H groups in total. The maximum Gasteiger partial charge on any atom is 0.256 e. The molecule has 2 amide bonds. The lowest BCUT2D eigenvalue weighted by Crippen LogP contribution is -2.15. The minimum Gasteiger partial charge on any atom is -0.465 e. The minimum absolute atomic E-state index is 0.0194. The largest absolute Gasteiger partial charge is 0.465 e. The Morgan fingerprint density at radius 1 is 0.743 bits per heavy atom. The zero-order chi connectivity index (χ0) is 24.8. The predicted molar refractivity (Wildman–Crippen MR) is 141 cm³/mol. The van der Waals surface area contributed by atoms with Crippen LogP contribution in [0, 0.1) is 0 Å². The van der Waals surface area contributed by atoms with Gasteiger partial charge >= 0.3 is 0 Å². The van der Waals surface area contributed by atoms with E-state index in [2.05, 4.69) is 31.4 Å². The molecule has 0 radical (unpaired) electrons. The van der Waals surface area contributed by atoms with Gasteiger partial charge < -0.3 is 15.1 Å². The van der Waals surface area contributed by atoms with Gasteiger partial charge in [-0.2, -0.15) is 0 Å². The van der Waals surface area contributed by atoms with E-state index in [0.717, 1.165) is 11.1 Å². The van der Waals surface area contributed by atoms with E-state index in [1.807, 2.05) is 54.6 Å². The number of carbonyl (C=O) groups is 2. The average molecular weight is 465 g/mol. The summed E-state index contributed by atoms with van der Waals surface area (Å²) >= 11 is 0. The molecule has 0 unspecified atom stereocenters. The number of nitrogens with one attached hydrogen (secondary N) is 2. The summed E-state index contributed by atoms with van der Waals surface area (Å²) in [5, 5.41) is 5.84. The highest BCUT2D eigenvalue weighted by atomic mass is 16.3. The van der Waals surface area contributed by atoms with E-state index in [9.17, 15) is 9.59 Å². The van der Waals surface area contributed by atoms with Crippen LogP contribution in [0.3, 0.4) is 0 Å². The summed E-state index contributed by atoms with van der Waals surface area (Å²) in [7, 11) is 0. The monoisotopic (exact) mass is 464 g/mol. The fourth-order valence-corrected chi connectivity index (χ4v) is 3.61. The van der Waals surface area contributed by atoms with Crippen LogP contribution in [0.4, 0.5) is 11.4 Å². The summed E-state index contributed by atoms with van der Waals surface area (Å²) in [5.41, 5.74) is 4.14. The first-order valence-electron chi connectivity index (χ1n) is 11.4. The molecule has 176 valence electrons. The molecule has 0 bridgehead atoms. The molecule has 5 nitrogen and oxygen atoms in total. The number of carbonyl (C=O) groups excluding carboxylic acids is 2. The fraction of sp³-hybridized carbons (Fsp3) is 0.133. The molecule has 4 aromatic rings. The molecular formula is C30H28N2O3. The number of amides is 2. The highest BCUT2D eigenvalue weighted by molar-refractivity contribution is 6.29. The first kappa shape index (κ1) is 23.8. The zero-order valence-electron chi connectivity index (χ0n) is 20.0. The smallest absolute Gasteiger partial charge is 0.256 e. The van der Waals surface area contributed by atoms with E-state index >= 15 is 0 Å². The van der Waals surface area contributed by atoms with Crippen LogP contribution in [0.25, 0.3) is 11.6 Å². The number of hydrogen-bond acceptors (Lipinski definition) is 3. The molecule has 1 heterocycles. The van der Waals surface area contributed by atoms with Crippen molar-refractivity contribution in [2.75, 3.05) is 10.6 Å². The van der Waals surface area contributed by atoms with Crippen molar-refractivity contribution in [2.24, 2.45) is 0 Å². The van der Waals surface area contributed by atoms with Crippen LogP contribution in [0.5, 0.6) is 0 Å². The minimum atomic E-state index is -0.283. The lowest BCUT2D eigenvalue weighted by molar-refractivity contribution is -0.111. The number of rotatable bonds is 6. The van der Waals surface area contributed by atoms with Gasteiger partial charge in [-0.15, -0.1) is 0 Å². The van der Waals surface area contributed by atoms with Crippen molar-refractivity contribution in [2.45, 2.75) is 26.2 Å². The molecule has 0 saturated heterocycles. The molecule has 35 heavy (non-hydrogen) atoms. The van der Waals surface area contributed by atoms with Crippen molar-refractivity contribution >= 4 is 34.8 Å². The molecule has 0 saturated carbocycles. The highest BCUT2D eigenvalue weighted by Crippen LogP contribution is 2.24. The molecule has 4 rings (SSSR count). The van der Waals surface area contributed by atoms with Gasteiger partial charge in [0.25, 0.3) is 11.8 Å². The second kappa shape index (κ2) is 10.3. The maximum absolute atomic E-state index is 13.2. The van der Waals surface area contributed by atoms with Crippen LogP contribution >= 0.6 is 0 Å². The van der Waals surface area contributed by atoms with E-state index in [4.69, 9.17) is 4.42 Å². The third kappa shape index (κ3) is 6.15. The summed E-state index contributed by atoms with van der Waals surface area (Å²) in [5.74, 6) is 0.0861. The van der Waals surface area contributed by atoms with Crippen LogP contribution in [-0.2, 0) is 10.2 Å². The van der Waals surface area contributed by atoms with Crippen LogP contribution in [0.2, 0.25) is 0 Å². The van der Waals surface area contributed by atoms with Crippen molar-refractivity contribution in [3.63, 3.8) is 0 Å². The summed E-state index contributed by atoms with van der Waals surface area (Å²) in [6.07, 6.45) is 3.27. The van der Waals surface area contributed by atoms with Crippen molar-refractivity contribution in [1.82, 2.24) is 0 Å². The second-order valence-corrected chi connectivity index (χ2v) is 9.26. The third-order valence-corrected chi connectivity index (χ3v) is 5.55. The van der Waals surface area contributed by atoms with Crippen LogP contribution in [0.1, 0.15) is 48.0 Å². The van der Waals surface area contributed by atoms with Gasteiger partial charge in [0.2, 0.25) is 0 Å². The Balaban J connectivity index is 1.50. The Kier molecular flexibility index (Phi) is 6.97.